The van der Waals surface area contributed by atoms with Gasteiger partial charge in [0.05, 0.1) is 67.3 Å². The Morgan fingerprint density at radius 3 is 1.16 bits per heavy atom. The summed E-state index contributed by atoms with van der Waals surface area (Å²) in [5, 5.41) is 13.1. The van der Waals surface area contributed by atoms with E-state index >= 15 is 0 Å². The molecule has 70 heavy (non-hydrogen) atoms. The Labute approximate surface area is 387 Å². The number of hydrogen-bond acceptors (Lipinski definition) is 4. The van der Waals surface area contributed by atoms with Gasteiger partial charge in [-0.2, -0.15) is 57.9 Å². The highest BCUT2D eigenvalue weighted by Crippen LogP contribution is 2.45. The maximum Gasteiger partial charge on any atom is 0.416 e. The molecule has 0 radical (unpaired) electrons. The maximum atomic E-state index is 14.2. The summed E-state index contributed by atoms with van der Waals surface area (Å²) in [6.45, 7) is 3.23. The van der Waals surface area contributed by atoms with Gasteiger partial charge in [-0.25, -0.2) is 15.0 Å². The van der Waals surface area contributed by atoms with Crippen molar-refractivity contribution >= 4 is 43.6 Å². The summed E-state index contributed by atoms with van der Waals surface area (Å²) >= 11 is 0. The van der Waals surface area contributed by atoms with E-state index in [1.165, 1.54) is 30.3 Å². The third-order valence-corrected chi connectivity index (χ3v) is 12.0. The van der Waals surface area contributed by atoms with Crippen molar-refractivity contribution in [1.29, 1.82) is 5.26 Å². The molecule has 0 atom stereocenters. The maximum absolute atomic E-state index is 14.2. The summed E-state index contributed by atoms with van der Waals surface area (Å²) in [5.41, 5.74) is -4.72. The zero-order chi connectivity index (χ0) is 49.8. The first-order valence-corrected chi connectivity index (χ1v) is 20.9. The van der Waals surface area contributed by atoms with E-state index in [1.54, 1.807) is 89.7 Å². The first kappa shape index (κ1) is 45.6. The highest BCUT2D eigenvalue weighted by Gasteiger charge is 2.39. The molecule has 10 aromatic rings. The predicted octanol–water partition coefficient (Wildman–Crippen LogP) is 15.6. The number of aromatic nitrogens is 5. The van der Waals surface area contributed by atoms with Crippen LogP contribution in [0.3, 0.4) is 0 Å². The van der Waals surface area contributed by atoms with Crippen LogP contribution in [0.1, 0.15) is 39.5 Å². The first-order valence-electron chi connectivity index (χ1n) is 20.9. The zero-order valence-electron chi connectivity index (χ0n) is 35.9. The Balaban J connectivity index is 1.33. The van der Waals surface area contributed by atoms with E-state index < -0.39 is 58.1 Å². The van der Waals surface area contributed by atoms with E-state index in [-0.39, 0.29) is 62.6 Å². The molecular weight excluding hydrogens is 937 g/mol. The van der Waals surface area contributed by atoms with Crippen LogP contribution in [0.2, 0.25) is 0 Å². The van der Waals surface area contributed by atoms with Crippen LogP contribution in [0.4, 0.5) is 52.7 Å². The summed E-state index contributed by atoms with van der Waals surface area (Å²) in [4.78, 5) is 13.3. The molecule has 0 fully saturated rings. The highest BCUT2D eigenvalue weighted by atomic mass is 19.4. The van der Waals surface area contributed by atoms with E-state index in [0.29, 0.717) is 68.5 Å². The molecule has 0 amide bonds. The lowest BCUT2D eigenvalue weighted by Crippen LogP contribution is -2.11. The fourth-order valence-electron chi connectivity index (χ4n) is 9.01. The van der Waals surface area contributed by atoms with E-state index in [0.717, 1.165) is 0 Å². The largest absolute Gasteiger partial charge is 0.416 e. The number of aryl methyl sites for hydroxylation is 2. The number of benzene rings is 7. The van der Waals surface area contributed by atoms with E-state index in [1.807, 2.05) is 0 Å². The van der Waals surface area contributed by atoms with E-state index in [2.05, 4.69) is 21.0 Å². The van der Waals surface area contributed by atoms with Crippen molar-refractivity contribution in [2.75, 3.05) is 0 Å². The fraction of sp³-hybridized carbons (Fsp3) is 0.115. The number of rotatable bonds is 5. The van der Waals surface area contributed by atoms with Crippen LogP contribution in [0.25, 0.3) is 88.6 Å². The normalized spacial score (nSPS) is 12.7. The van der Waals surface area contributed by atoms with Crippen LogP contribution < -0.4 is 0 Å². The number of nitriles is 1. The van der Waals surface area contributed by atoms with Crippen LogP contribution in [-0.4, -0.2) is 24.1 Å². The van der Waals surface area contributed by atoms with Gasteiger partial charge in [-0.3, -0.25) is 0 Å². The fourth-order valence-corrected chi connectivity index (χ4v) is 9.01. The minimum atomic E-state index is -5.14. The van der Waals surface area contributed by atoms with Crippen molar-refractivity contribution in [1.82, 2.24) is 24.1 Å². The van der Waals surface area contributed by atoms with Crippen molar-refractivity contribution in [2.45, 2.75) is 38.6 Å². The molecule has 0 unspecified atom stereocenters. The highest BCUT2D eigenvalue weighted by molar-refractivity contribution is 6.13. The summed E-state index contributed by atoms with van der Waals surface area (Å²) in [6.07, 6.45) is -20.6. The molecule has 0 saturated carbocycles. The van der Waals surface area contributed by atoms with Crippen molar-refractivity contribution in [2.24, 2.45) is 0 Å². The minimum absolute atomic E-state index is 0.0173. The minimum Gasteiger partial charge on any atom is -0.307 e. The second-order valence-corrected chi connectivity index (χ2v) is 16.5. The number of hydrogen-bond donors (Lipinski definition) is 0. The van der Waals surface area contributed by atoms with Gasteiger partial charge in [-0.1, -0.05) is 60.7 Å². The molecule has 6 nitrogen and oxygen atoms in total. The van der Waals surface area contributed by atoms with Gasteiger partial charge in [0.25, 0.3) is 0 Å². The van der Waals surface area contributed by atoms with Crippen LogP contribution in [0.15, 0.2) is 133 Å². The molecule has 0 spiro atoms. The molecule has 7 aromatic carbocycles. The van der Waals surface area contributed by atoms with Crippen molar-refractivity contribution in [3.05, 3.63) is 173 Å². The zero-order valence-corrected chi connectivity index (χ0v) is 35.9. The predicted molar refractivity (Wildman–Crippen MR) is 239 cm³/mol. The van der Waals surface area contributed by atoms with Gasteiger partial charge < -0.3 is 9.13 Å². The van der Waals surface area contributed by atoms with Gasteiger partial charge >= 0.3 is 24.7 Å². The van der Waals surface area contributed by atoms with Crippen LogP contribution in [0.5, 0.6) is 0 Å². The smallest absolute Gasteiger partial charge is 0.307 e. The molecular formula is C52H28F12N6. The Bertz CT molecular complexity index is 3750. The first-order chi connectivity index (χ1) is 33.0. The van der Waals surface area contributed by atoms with Gasteiger partial charge in [0, 0.05) is 27.1 Å². The summed E-state index contributed by atoms with van der Waals surface area (Å²) in [5.74, 6) is 0.682. The molecule has 0 aliphatic carbocycles. The quantitative estimate of drug-likeness (QED) is 0.161. The van der Waals surface area contributed by atoms with Crippen molar-refractivity contribution in [3.63, 3.8) is 0 Å². The Morgan fingerprint density at radius 1 is 0.400 bits per heavy atom. The Hall–Kier alpha value is -8.20. The number of fused-ring (bicyclic) bond motifs is 6. The topological polar surface area (TPSA) is 72.3 Å². The van der Waals surface area contributed by atoms with Crippen molar-refractivity contribution in [3.8, 4) is 51.1 Å². The van der Waals surface area contributed by atoms with Gasteiger partial charge in [0.15, 0.2) is 5.82 Å². The molecule has 3 heterocycles. The summed E-state index contributed by atoms with van der Waals surface area (Å²) in [7, 11) is 0. The summed E-state index contributed by atoms with van der Waals surface area (Å²) < 4.78 is 173. The SMILES string of the molecule is Cc1nc(C)nc(-c2cc(-n3c4ccccc4c4ccc(-c5cc(C(F)(F)F)cc(C(F)(F)F)c5)cc43)c(-n3c4ccccc4c4ccc(-c5cc(C(F)(F)F)cc(C(F)(F)F)c5)cc43)cc2C#N)n1. The third kappa shape index (κ3) is 7.90. The van der Waals surface area contributed by atoms with Gasteiger partial charge in [0.2, 0.25) is 0 Å². The average molecular weight is 965 g/mol. The van der Waals surface area contributed by atoms with Crippen LogP contribution in [-0.2, 0) is 24.7 Å². The Morgan fingerprint density at radius 2 is 0.771 bits per heavy atom. The molecule has 10 rings (SSSR count). The van der Waals surface area contributed by atoms with Gasteiger partial charge in [0.1, 0.15) is 11.6 Å². The van der Waals surface area contributed by atoms with Crippen molar-refractivity contribution < 1.29 is 52.7 Å². The molecule has 0 bridgehead atoms. The Kier molecular flexibility index (Phi) is 10.4. The number of alkyl halides is 12. The molecule has 0 aliphatic heterocycles. The molecule has 18 heteroatoms. The number of nitrogens with zero attached hydrogens (tertiary/aromatic N) is 6. The third-order valence-electron chi connectivity index (χ3n) is 12.0. The lowest BCUT2D eigenvalue weighted by Gasteiger charge is -2.20. The molecule has 0 saturated heterocycles. The number of para-hydroxylation sites is 2. The monoisotopic (exact) mass is 964 g/mol. The standard InChI is InChI=1S/C52H28F12N6/c1-26-66-27(2)68-48(67-26)41-24-47(70-43-10-6-4-8-38(43)40-14-12-29(20-45(40)70)31-17-35(51(59,60)61)23-36(18-31)52(62,63)64)46(21-32(41)25-65)69-42-9-5-3-7-37(42)39-13-11-28(19-44(39)69)30-15-33(49(53,54)55)22-34(16-30)50(56,57)58/h3-24H,1-2H3. The second-order valence-electron chi connectivity index (χ2n) is 16.5. The van der Waals surface area contributed by atoms with Crippen LogP contribution in [0, 0.1) is 25.2 Å². The van der Waals surface area contributed by atoms with E-state index in [9.17, 15) is 57.9 Å². The number of halogens is 12. The lowest BCUT2D eigenvalue weighted by atomic mass is 9.98. The van der Waals surface area contributed by atoms with E-state index in [4.69, 9.17) is 0 Å². The van der Waals surface area contributed by atoms with Gasteiger partial charge in [-0.05, 0) is 109 Å². The summed E-state index contributed by atoms with van der Waals surface area (Å²) in [6, 6.07) is 30.5. The average Bonchev–Trinajstić information content (AvgIpc) is 3.81. The van der Waals surface area contributed by atoms with Gasteiger partial charge in [-0.15, -0.1) is 0 Å². The van der Waals surface area contributed by atoms with Crippen LogP contribution >= 0.6 is 0 Å². The second kappa shape index (κ2) is 15.9. The molecule has 3 aromatic heterocycles. The molecule has 0 N–H and O–H groups in total. The molecule has 350 valence electrons. The molecule has 0 aliphatic rings. The lowest BCUT2D eigenvalue weighted by molar-refractivity contribution is -0.144.